The summed E-state index contributed by atoms with van der Waals surface area (Å²) >= 11 is 0. The van der Waals surface area contributed by atoms with Crippen LogP contribution in [-0.4, -0.2) is 61.4 Å². The van der Waals surface area contributed by atoms with E-state index in [1.54, 1.807) is 19.3 Å². The monoisotopic (exact) mass is 418 g/mol. The molecule has 0 aromatic carbocycles. The van der Waals surface area contributed by atoms with Crippen molar-refractivity contribution >= 4 is 39.4 Å². The second kappa shape index (κ2) is 8.09. The van der Waals surface area contributed by atoms with E-state index in [1.165, 1.54) is 0 Å². The van der Waals surface area contributed by atoms with Crippen molar-refractivity contribution in [2.75, 3.05) is 29.9 Å². The summed E-state index contributed by atoms with van der Waals surface area (Å²) in [7, 11) is 0. The zero-order chi connectivity index (χ0) is 21.4. The van der Waals surface area contributed by atoms with Crippen molar-refractivity contribution in [3.05, 3.63) is 43.0 Å². The quantitative estimate of drug-likeness (QED) is 0.454. The van der Waals surface area contributed by atoms with E-state index in [9.17, 15) is 5.11 Å². The predicted molar refractivity (Wildman–Crippen MR) is 122 cm³/mol. The Bertz CT molecular complexity index is 1200. The Hall–Kier alpha value is -3.30. The first kappa shape index (κ1) is 19.7. The number of aliphatic hydroxyl groups excluding tert-OH is 1. The minimum Gasteiger partial charge on any atom is -0.392 e. The van der Waals surface area contributed by atoms with Gasteiger partial charge in [0, 0.05) is 48.8 Å². The molecule has 31 heavy (non-hydrogen) atoms. The van der Waals surface area contributed by atoms with Gasteiger partial charge >= 0.3 is 0 Å². The fraction of sp³-hybridized carbons (Fsp3) is 0.364. The van der Waals surface area contributed by atoms with Gasteiger partial charge in [0.25, 0.3) is 0 Å². The van der Waals surface area contributed by atoms with Crippen LogP contribution < -0.4 is 15.5 Å². The van der Waals surface area contributed by atoms with Crippen molar-refractivity contribution in [1.29, 1.82) is 0 Å². The van der Waals surface area contributed by atoms with E-state index in [0.29, 0.717) is 24.4 Å². The Labute approximate surface area is 180 Å². The van der Waals surface area contributed by atoms with Gasteiger partial charge in [-0.25, -0.2) is 9.97 Å². The largest absolute Gasteiger partial charge is 0.392 e. The van der Waals surface area contributed by atoms with Crippen LogP contribution >= 0.6 is 0 Å². The molecule has 1 aliphatic rings. The van der Waals surface area contributed by atoms with Crippen LogP contribution in [0.5, 0.6) is 0 Å². The molecule has 0 spiro atoms. The molecular formula is C22H26N8O. The summed E-state index contributed by atoms with van der Waals surface area (Å²) in [5.41, 5.74) is 2.80. The van der Waals surface area contributed by atoms with Crippen LogP contribution in [0.1, 0.15) is 13.8 Å². The van der Waals surface area contributed by atoms with Crippen LogP contribution in [0.2, 0.25) is 0 Å². The summed E-state index contributed by atoms with van der Waals surface area (Å²) in [6.07, 6.45) is 6.73. The lowest BCUT2D eigenvalue weighted by atomic mass is 10.2. The number of aliphatic hydroxyl groups is 1. The minimum atomic E-state index is -0.507. The van der Waals surface area contributed by atoms with Crippen molar-refractivity contribution in [2.45, 2.75) is 32.5 Å². The SMILES string of the molecule is C[C@H](O)Cn1c2cnccc2c2cnc(Nc3ccc(N4CCN[C@@H](C)C4)cn3)nc21. The molecule has 0 unspecified atom stereocenters. The fourth-order valence-electron chi connectivity index (χ4n) is 4.15. The molecule has 0 amide bonds. The Morgan fingerprint density at radius 1 is 1.19 bits per heavy atom. The first-order valence-corrected chi connectivity index (χ1v) is 10.6. The van der Waals surface area contributed by atoms with E-state index < -0.39 is 6.10 Å². The third-order valence-corrected chi connectivity index (χ3v) is 5.57. The number of nitrogens with zero attached hydrogens (tertiary/aromatic N) is 6. The van der Waals surface area contributed by atoms with Gasteiger partial charge in [-0.05, 0) is 32.0 Å². The smallest absolute Gasteiger partial charge is 0.230 e. The van der Waals surface area contributed by atoms with Gasteiger partial charge in [0.15, 0.2) is 0 Å². The summed E-state index contributed by atoms with van der Waals surface area (Å²) in [5.74, 6) is 1.15. The lowest BCUT2D eigenvalue weighted by molar-refractivity contribution is 0.176. The number of anilines is 3. The molecule has 160 valence electrons. The lowest BCUT2D eigenvalue weighted by Crippen LogP contribution is -2.49. The number of hydrogen-bond donors (Lipinski definition) is 3. The Balaban J connectivity index is 1.43. The molecule has 1 aliphatic heterocycles. The van der Waals surface area contributed by atoms with E-state index >= 15 is 0 Å². The highest BCUT2D eigenvalue weighted by molar-refractivity contribution is 6.06. The molecule has 1 fully saturated rings. The van der Waals surface area contributed by atoms with Gasteiger partial charge in [0.05, 0.1) is 36.2 Å². The molecule has 5 heterocycles. The summed E-state index contributed by atoms with van der Waals surface area (Å²) in [4.78, 5) is 20.3. The molecule has 1 saturated heterocycles. The summed E-state index contributed by atoms with van der Waals surface area (Å²) in [5, 5.41) is 18.6. The molecule has 9 heteroatoms. The average molecular weight is 419 g/mol. The molecule has 0 aliphatic carbocycles. The Kier molecular flexibility index (Phi) is 5.13. The van der Waals surface area contributed by atoms with E-state index in [4.69, 9.17) is 4.98 Å². The van der Waals surface area contributed by atoms with Gasteiger partial charge < -0.3 is 25.2 Å². The van der Waals surface area contributed by atoms with Crippen LogP contribution in [0.25, 0.3) is 21.9 Å². The highest BCUT2D eigenvalue weighted by atomic mass is 16.3. The maximum absolute atomic E-state index is 9.98. The van der Waals surface area contributed by atoms with Gasteiger partial charge in [-0.2, -0.15) is 4.98 Å². The second-order valence-corrected chi connectivity index (χ2v) is 8.11. The Morgan fingerprint density at radius 2 is 2.10 bits per heavy atom. The number of nitrogens with one attached hydrogen (secondary N) is 2. The molecular weight excluding hydrogens is 392 g/mol. The molecule has 5 rings (SSSR count). The number of aromatic nitrogens is 5. The summed E-state index contributed by atoms with van der Waals surface area (Å²) in [6.45, 7) is 7.30. The zero-order valence-electron chi connectivity index (χ0n) is 17.7. The number of fused-ring (bicyclic) bond motifs is 3. The molecule has 0 radical (unpaired) electrons. The van der Waals surface area contributed by atoms with E-state index in [2.05, 4.69) is 43.5 Å². The van der Waals surface area contributed by atoms with Crippen LogP contribution in [0.4, 0.5) is 17.5 Å². The molecule has 4 aromatic rings. The highest BCUT2D eigenvalue weighted by Crippen LogP contribution is 2.28. The van der Waals surface area contributed by atoms with Crippen molar-refractivity contribution < 1.29 is 5.11 Å². The molecule has 0 saturated carbocycles. The molecule has 4 aromatic heterocycles. The van der Waals surface area contributed by atoms with E-state index in [0.717, 1.165) is 47.3 Å². The van der Waals surface area contributed by atoms with E-state index in [-0.39, 0.29) is 0 Å². The predicted octanol–water partition coefficient (Wildman–Crippen LogP) is 2.30. The zero-order valence-corrected chi connectivity index (χ0v) is 17.7. The molecule has 9 nitrogen and oxygen atoms in total. The van der Waals surface area contributed by atoms with Crippen LogP contribution in [0.15, 0.2) is 43.0 Å². The summed E-state index contributed by atoms with van der Waals surface area (Å²) in [6, 6.07) is 6.44. The van der Waals surface area contributed by atoms with Crippen molar-refractivity contribution in [2.24, 2.45) is 0 Å². The number of pyridine rings is 2. The molecule has 3 N–H and O–H groups in total. The van der Waals surface area contributed by atoms with Gasteiger partial charge in [-0.15, -0.1) is 0 Å². The van der Waals surface area contributed by atoms with Gasteiger partial charge in [0.1, 0.15) is 11.5 Å². The van der Waals surface area contributed by atoms with Gasteiger partial charge in [0.2, 0.25) is 5.95 Å². The normalized spacial score (nSPS) is 17.9. The average Bonchev–Trinajstić information content (AvgIpc) is 3.07. The first-order chi connectivity index (χ1) is 15.1. The Morgan fingerprint density at radius 3 is 2.87 bits per heavy atom. The maximum atomic E-state index is 9.98. The number of hydrogen-bond acceptors (Lipinski definition) is 8. The highest BCUT2D eigenvalue weighted by Gasteiger charge is 2.17. The van der Waals surface area contributed by atoms with Gasteiger partial charge in [-0.3, -0.25) is 4.98 Å². The third-order valence-electron chi connectivity index (χ3n) is 5.57. The minimum absolute atomic E-state index is 0.429. The second-order valence-electron chi connectivity index (χ2n) is 8.11. The van der Waals surface area contributed by atoms with Crippen molar-refractivity contribution in [3.63, 3.8) is 0 Å². The van der Waals surface area contributed by atoms with Crippen LogP contribution in [0.3, 0.4) is 0 Å². The maximum Gasteiger partial charge on any atom is 0.230 e. The first-order valence-electron chi connectivity index (χ1n) is 10.6. The van der Waals surface area contributed by atoms with Crippen molar-refractivity contribution in [1.82, 2.24) is 29.8 Å². The summed E-state index contributed by atoms with van der Waals surface area (Å²) < 4.78 is 1.98. The topological polar surface area (TPSA) is 104 Å². The van der Waals surface area contributed by atoms with Crippen molar-refractivity contribution in [3.8, 4) is 0 Å². The van der Waals surface area contributed by atoms with Crippen LogP contribution in [0, 0.1) is 0 Å². The van der Waals surface area contributed by atoms with Crippen LogP contribution in [-0.2, 0) is 6.54 Å². The fourth-order valence-corrected chi connectivity index (χ4v) is 4.15. The lowest BCUT2D eigenvalue weighted by Gasteiger charge is -2.33. The number of rotatable bonds is 5. The number of piperazine rings is 1. The third kappa shape index (κ3) is 3.89. The van der Waals surface area contributed by atoms with Gasteiger partial charge in [-0.1, -0.05) is 0 Å². The molecule has 2 atom stereocenters. The molecule has 0 bridgehead atoms. The standard InChI is InChI=1S/C22H26N8O/c1-14-12-29(8-7-24-14)16-3-4-20(25-9-16)27-22-26-10-18-17-5-6-23-11-19(17)30(13-15(2)31)21(18)28-22/h3-6,9-11,14-15,24,31H,7-8,12-13H2,1-2H3,(H,25,26,27,28)/t14-,15-/m0/s1. The van der Waals surface area contributed by atoms with E-state index in [1.807, 2.05) is 29.1 Å².